The van der Waals surface area contributed by atoms with E-state index in [1.807, 2.05) is 18.2 Å². The Morgan fingerprint density at radius 3 is 2.60 bits per heavy atom. The molecule has 5 heteroatoms. The fourth-order valence-electron chi connectivity index (χ4n) is 3.50. The lowest BCUT2D eigenvalue weighted by Crippen LogP contribution is -2.29. The molecule has 0 bridgehead atoms. The topological polar surface area (TPSA) is 55.4 Å². The second-order valence-electron chi connectivity index (χ2n) is 6.66. The number of nitrogens with one attached hydrogen (secondary N) is 1. The van der Waals surface area contributed by atoms with E-state index >= 15 is 0 Å². The summed E-state index contributed by atoms with van der Waals surface area (Å²) in [5, 5.41) is 3.66. The van der Waals surface area contributed by atoms with Crippen molar-refractivity contribution in [3.63, 3.8) is 0 Å². The van der Waals surface area contributed by atoms with Crippen LogP contribution in [0.2, 0.25) is 0 Å². The molecule has 0 radical (unpaired) electrons. The van der Waals surface area contributed by atoms with Crippen molar-refractivity contribution in [2.24, 2.45) is 5.92 Å². The Balaban J connectivity index is 1.85. The van der Waals surface area contributed by atoms with E-state index in [9.17, 15) is 8.42 Å². The molecule has 4 nitrogen and oxygen atoms in total. The highest BCUT2D eigenvalue weighted by molar-refractivity contribution is 7.85. The summed E-state index contributed by atoms with van der Waals surface area (Å²) in [6.07, 6.45) is 3.72. The summed E-state index contributed by atoms with van der Waals surface area (Å²) in [6, 6.07) is 17.1. The smallest absolute Gasteiger partial charge is 0.264 e. The van der Waals surface area contributed by atoms with Gasteiger partial charge in [-0.3, -0.25) is 4.18 Å². The van der Waals surface area contributed by atoms with Gasteiger partial charge in [-0.05, 0) is 47.9 Å². The van der Waals surface area contributed by atoms with Gasteiger partial charge in [-0.1, -0.05) is 49.4 Å². The highest BCUT2D eigenvalue weighted by Gasteiger charge is 2.29. The van der Waals surface area contributed by atoms with Crippen molar-refractivity contribution in [1.29, 1.82) is 0 Å². The quantitative estimate of drug-likeness (QED) is 0.794. The maximum Gasteiger partial charge on any atom is 0.264 e. The molecular formula is C20H25NO3S. The molecule has 2 aromatic carbocycles. The zero-order chi connectivity index (χ0) is 17.9. The number of fused-ring (bicyclic) bond motifs is 1. The standard InChI is InChI=1S/C20H25NO3S/c1-3-15-9-10-19-18(13-15)14-17(11-12-24-25(2,22)23)20(21-19)16-7-5-4-6-8-16/h4-10,13,17,20-21H,3,11-12,14H2,1-2H3/t17-,20+/m1/s1. The van der Waals surface area contributed by atoms with Crippen molar-refractivity contribution < 1.29 is 12.6 Å². The number of hydrogen-bond donors (Lipinski definition) is 1. The maximum absolute atomic E-state index is 11.3. The largest absolute Gasteiger partial charge is 0.378 e. The molecule has 0 unspecified atom stereocenters. The Hall–Kier alpha value is -1.85. The molecule has 0 amide bonds. The molecule has 3 rings (SSSR count). The van der Waals surface area contributed by atoms with Crippen LogP contribution in [0.1, 0.15) is 36.1 Å². The minimum absolute atomic E-state index is 0.157. The predicted molar refractivity (Wildman–Crippen MR) is 101 cm³/mol. The monoisotopic (exact) mass is 359 g/mol. The summed E-state index contributed by atoms with van der Waals surface area (Å²) >= 11 is 0. The Morgan fingerprint density at radius 2 is 1.92 bits per heavy atom. The van der Waals surface area contributed by atoms with Crippen LogP contribution < -0.4 is 5.32 Å². The third-order valence-corrected chi connectivity index (χ3v) is 5.38. The average Bonchev–Trinajstić information content (AvgIpc) is 2.60. The Morgan fingerprint density at radius 1 is 1.16 bits per heavy atom. The molecular weight excluding hydrogens is 334 g/mol. The van der Waals surface area contributed by atoms with Crippen LogP contribution in [0.15, 0.2) is 48.5 Å². The molecule has 0 aromatic heterocycles. The predicted octanol–water partition coefficient (Wildman–Crippen LogP) is 3.94. The molecule has 1 heterocycles. The van der Waals surface area contributed by atoms with Gasteiger partial charge in [-0.15, -0.1) is 0 Å². The van der Waals surface area contributed by atoms with E-state index in [1.165, 1.54) is 22.4 Å². The van der Waals surface area contributed by atoms with Gasteiger partial charge < -0.3 is 5.32 Å². The molecule has 134 valence electrons. The van der Waals surface area contributed by atoms with E-state index < -0.39 is 10.1 Å². The third kappa shape index (κ3) is 4.61. The minimum atomic E-state index is -3.40. The number of rotatable bonds is 6. The minimum Gasteiger partial charge on any atom is -0.378 e. The van der Waals surface area contributed by atoms with E-state index in [-0.39, 0.29) is 18.6 Å². The van der Waals surface area contributed by atoms with Crippen LogP contribution in [0.4, 0.5) is 5.69 Å². The highest BCUT2D eigenvalue weighted by atomic mass is 32.2. The molecule has 1 aliphatic rings. The molecule has 25 heavy (non-hydrogen) atoms. The van der Waals surface area contributed by atoms with Crippen LogP contribution in [0, 0.1) is 5.92 Å². The fourth-order valence-corrected chi connectivity index (χ4v) is 3.90. The van der Waals surface area contributed by atoms with Crippen molar-refractivity contribution in [1.82, 2.24) is 0 Å². The average molecular weight is 359 g/mol. The van der Waals surface area contributed by atoms with Crippen LogP contribution in [0.25, 0.3) is 0 Å². The van der Waals surface area contributed by atoms with E-state index in [0.717, 1.165) is 19.1 Å². The molecule has 1 N–H and O–H groups in total. The van der Waals surface area contributed by atoms with Crippen LogP contribution >= 0.6 is 0 Å². The summed E-state index contributed by atoms with van der Waals surface area (Å²) in [5.74, 6) is 0.281. The summed E-state index contributed by atoms with van der Waals surface area (Å²) in [4.78, 5) is 0. The van der Waals surface area contributed by atoms with Crippen LogP contribution in [-0.2, 0) is 27.1 Å². The lowest BCUT2D eigenvalue weighted by molar-refractivity contribution is 0.268. The molecule has 0 fully saturated rings. The van der Waals surface area contributed by atoms with Crippen molar-refractivity contribution in [3.8, 4) is 0 Å². The number of aryl methyl sites for hydroxylation is 1. The zero-order valence-corrected chi connectivity index (χ0v) is 15.6. The molecule has 0 saturated heterocycles. The lowest BCUT2D eigenvalue weighted by atomic mass is 9.81. The Kier molecular flexibility index (Phi) is 5.45. The second kappa shape index (κ2) is 7.58. The summed E-state index contributed by atoms with van der Waals surface area (Å²) in [5.41, 5.74) is 5.02. The maximum atomic E-state index is 11.3. The molecule has 2 aromatic rings. The van der Waals surface area contributed by atoms with Crippen LogP contribution in [0.3, 0.4) is 0 Å². The highest BCUT2D eigenvalue weighted by Crippen LogP contribution is 2.38. The van der Waals surface area contributed by atoms with Gasteiger partial charge in [-0.25, -0.2) is 0 Å². The van der Waals surface area contributed by atoms with E-state index in [1.54, 1.807) is 0 Å². The van der Waals surface area contributed by atoms with Gasteiger partial charge in [0, 0.05) is 5.69 Å². The Labute approximate surface area is 150 Å². The van der Waals surface area contributed by atoms with Gasteiger partial charge in [0.05, 0.1) is 18.9 Å². The second-order valence-corrected chi connectivity index (χ2v) is 8.30. The van der Waals surface area contributed by atoms with Crippen LogP contribution in [0.5, 0.6) is 0 Å². The first-order valence-corrected chi connectivity index (χ1v) is 10.6. The fraction of sp³-hybridized carbons (Fsp3) is 0.400. The molecule has 0 spiro atoms. The summed E-state index contributed by atoms with van der Waals surface area (Å²) < 4.78 is 27.5. The van der Waals surface area contributed by atoms with E-state index in [0.29, 0.717) is 6.42 Å². The molecule has 0 saturated carbocycles. The van der Waals surface area contributed by atoms with Gasteiger partial charge in [0.15, 0.2) is 0 Å². The van der Waals surface area contributed by atoms with Crippen molar-refractivity contribution in [3.05, 3.63) is 65.2 Å². The first-order valence-electron chi connectivity index (χ1n) is 8.74. The van der Waals surface area contributed by atoms with Gasteiger partial charge in [-0.2, -0.15) is 8.42 Å². The van der Waals surface area contributed by atoms with Crippen LogP contribution in [-0.4, -0.2) is 21.3 Å². The van der Waals surface area contributed by atoms with Gasteiger partial charge in [0.1, 0.15) is 0 Å². The van der Waals surface area contributed by atoms with E-state index in [2.05, 4.69) is 42.6 Å². The van der Waals surface area contributed by atoms with Gasteiger partial charge in [0.25, 0.3) is 10.1 Å². The summed E-state index contributed by atoms with van der Waals surface area (Å²) in [7, 11) is -3.40. The number of benzene rings is 2. The van der Waals surface area contributed by atoms with E-state index in [4.69, 9.17) is 4.18 Å². The molecule has 0 aliphatic carbocycles. The van der Waals surface area contributed by atoms with Crippen molar-refractivity contribution in [2.75, 3.05) is 18.2 Å². The first kappa shape index (κ1) is 18.0. The first-order chi connectivity index (χ1) is 12.0. The zero-order valence-electron chi connectivity index (χ0n) is 14.7. The summed E-state index contributed by atoms with van der Waals surface area (Å²) in [6.45, 7) is 2.37. The molecule has 1 aliphatic heterocycles. The van der Waals surface area contributed by atoms with Crippen molar-refractivity contribution in [2.45, 2.75) is 32.2 Å². The van der Waals surface area contributed by atoms with Gasteiger partial charge in [0.2, 0.25) is 0 Å². The normalized spacial score (nSPS) is 19.9. The third-order valence-electron chi connectivity index (χ3n) is 4.79. The molecule has 2 atom stereocenters. The van der Waals surface area contributed by atoms with Crippen molar-refractivity contribution >= 4 is 15.8 Å². The lowest BCUT2D eigenvalue weighted by Gasteiger charge is -2.35. The number of anilines is 1. The van der Waals surface area contributed by atoms with Gasteiger partial charge >= 0.3 is 0 Å². The Bertz CT molecular complexity index is 818. The SMILES string of the molecule is CCc1ccc2c(c1)C[C@@H](CCOS(C)(=O)=O)[C@H](c1ccccc1)N2. The number of hydrogen-bond acceptors (Lipinski definition) is 4.